The molecule has 7 heteroatoms. The first kappa shape index (κ1) is 20.1. The van der Waals surface area contributed by atoms with E-state index in [4.69, 9.17) is 0 Å². The van der Waals surface area contributed by atoms with Gasteiger partial charge in [-0.05, 0) is 76.4 Å². The molecule has 162 valence electrons. The Morgan fingerprint density at radius 2 is 1.97 bits per heavy atom. The molecule has 2 fully saturated rings. The van der Waals surface area contributed by atoms with E-state index in [1.54, 1.807) is 10.7 Å². The fraction of sp³-hybridized carbons (Fsp3) is 0.458. The summed E-state index contributed by atoms with van der Waals surface area (Å²) in [7, 11) is 0. The summed E-state index contributed by atoms with van der Waals surface area (Å²) in [4.78, 5) is 7.11. The second-order valence-corrected chi connectivity index (χ2v) is 8.92. The monoisotopic (exact) mass is 420 g/mol. The van der Waals surface area contributed by atoms with Crippen LogP contribution in [0.25, 0.3) is 27.8 Å². The van der Waals surface area contributed by atoms with Gasteiger partial charge in [-0.3, -0.25) is 10.00 Å². The topological polar surface area (TPSA) is 62.1 Å². The lowest BCUT2D eigenvalue weighted by Gasteiger charge is -2.35. The third kappa shape index (κ3) is 3.71. The number of nitrogens with one attached hydrogen (secondary N) is 1. The number of nitrogens with zero attached hydrogens (tertiary/aromatic N) is 5. The number of imidazole rings is 1. The molecule has 1 saturated carbocycles. The summed E-state index contributed by atoms with van der Waals surface area (Å²) in [5.41, 5.74) is 5.29. The molecule has 31 heavy (non-hydrogen) atoms. The molecule has 1 spiro atoms. The van der Waals surface area contributed by atoms with Gasteiger partial charge in [-0.15, -0.1) is 0 Å². The molecule has 6 nitrogen and oxygen atoms in total. The number of fused-ring (bicyclic) bond motifs is 2. The van der Waals surface area contributed by atoms with Crippen LogP contribution in [0, 0.1) is 19.7 Å². The van der Waals surface area contributed by atoms with Crippen LogP contribution in [0.1, 0.15) is 50.3 Å². The zero-order chi connectivity index (χ0) is 21.6. The van der Waals surface area contributed by atoms with Crippen molar-refractivity contribution in [1.82, 2.24) is 29.7 Å². The summed E-state index contributed by atoms with van der Waals surface area (Å²) in [6.45, 7) is 8.84. The number of piperidine rings is 1. The van der Waals surface area contributed by atoms with Crippen LogP contribution in [0.2, 0.25) is 0 Å². The Bertz CT molecular complexity index is 1240. The Morgan fingerprint density at radius 1 is 1.13 bits per heavy atom. The van der Waals surface area contributed by atoms with E-state index in [0.717, 1.165) is 33.4 Å². The van der Waals surface area contributed by atoms with Gasteiger partial charge in [0.25, 0.3) is 0 Å². The number of aromatic nitrogens is 5. The smallest absolute Gasteiger partial charge is 0.156 e. The fourth-order valence-electron chi connectivity index (χ4n) is 4.90. The van der Waals surface area contributed by atoms with E-state index in [1.807, 2.05) is 32.2 Å². The standard InChI is InChI=1S/C15H12FN5.C9H17N/c1-8-3-13(20-21-7-9(2)18-15(8)21)10-4-11-6-17-19-14(11)12(16)5-10;1-2-10-8-4-3-5-9(10)6-7-9/h3-7H,1-2H3,(H,17,19);2-8H2,1H3. The van der Waals surface area contributed by atoms with Gasteiger partial charge in [0.1, 0.15) is 11.3 Å². The van der Waals surface area contributed by atoms with E-state index in [0.29, 0.717) is 11.2 Å². The van der Waals surface area contributed by atoms with Crippen LogP contribution >= 0.6 is 0 Å². The molecule has 4 aromatic rings. The highest BCUT2D eigenvalue weighted by Crippen LogP contribution is 2.47. The number of hydrogen-bond acceptors (Lipinski definition) is 4. The molecule has 1 N–H and O–H groups in total. The second kappa shape index (κ2) is 7.71. The lowest BCUT2D eigenvalue weighted by Crippen LogP contribution is -2.41. The minimum Gasteiger partial charge on any atom is -0.298 e. The maximum absolute atomic E-state index is 14.1. The van der Waals surface area contributed by atoms with Gasteiger partial charge in [0.2, 0.25) is 0 Å². The molecule has 6 rings (SSSR count). The van der Waals surface area contributed by atoms with Crippen molar-refractivity contribution >= 4 is 16.6 Å². The summed E-state index contributed by atoms with van der Waals surface area (Å²) in [6.07, 6.45) is 10.8. The van der Waals surface area contributed by atoms with Crippen LogP contribution in [0.5, 0.6) is 0 Å². The third-order valence-electron chi connectivity index (χ3n) is 6.73. The minimum absolute atomic E-state index is 0.332. The average molecular weight is 421 g/mol. The summed E-state index contributed by atoms with van der Waals surface area (Å²) in [5.74, 6) is -0.332. The van der Waals surface area contributed by atoms with Crippen molar-refractivity contribution in [2.45, 2.75) is 58.4 Å². The SMILES string of the molecule is CCN1CCCCC12CC2.Cc1cn2nc(-c3cc(F)c4[nH]ncc4c3)cc(C)c2n1. The number of hydrogen-bond donors (Lipinski definition) is 1. The van der Waals surface area contributed by atoms with E-state index < -0.39 is 0 Å². The van der Waals surface area contributed by atoms with Crippen LogP contribution < -0.4 is 0 Å². The first-order valence-corrected chi connectivity index (χ1v) is 11.2. The summed E-state index contributed by atoms with van der Waals surface area (Å²) < 4.78 is 15.8. The van der Waals surface area contributed by atoms with Crippen molar-refractivity contribution in [1.29, 1.82) is 0 Å². The molecule has 0 radical (unpaired) electrons. The molecule has 1 aliphatic heterocycles. The maximum Gasteiger partial charge on any atom is 0.156 e. The highest BCUT2D eigenvalue weighted by atomic mass is 19.1. The largest absolute Gasteiger partial charge is 0.298 e. The van der Waals surface area contributed by atoms with Crippen molar-refractivity contribution in [2.24, 2.45) is 0 Å². The van der Waals surface area contributed by atoms with Gasteiger partial charge < -0.3 is 0 Å². The quantitative estimate of drug-likeness (QED) is 0.493. The fourth-order valence-corrected chi connectivity index (χ4v) is 4.90. The summed E-state index contributed by atoms with van der Waals surface area (Å²) in [6, 6.07) is 5.26. The number of likely N-dealkylation sites (tertiary alicyclic amines) is 1. The van der Waals surface area contributed by atoms with Crippen molar-refractivity contribution in [2.75, 3.05) is 13.1 Å². The number of aromatic amines is 1. The normalized spacial score (nSPS) is 17.8. The number of halogens is 1. The van der Waals surface area contributed by atoms with Crippen LogP contribution in [-0.2, 0) is 0 Å². The number of rotatable bonds is 2. The Kier molecular flexibility index (Phi) is 5.01. The first-order valence-electron chi connectivity index (χ1n) is 11.2. The molecular formula is C24H29FN6. The summed E-state index contributed by atoms with van der Waals surface area (Å²) >= 11 is 0. The van der Waals surface area contributed by atoms with E-state index in [1.165, 1.54) is 51.3 Å². The molecular weight excluding hydrogens is 391 g/mol. The molecule has 1 saturated heterocycles. The summed E-state index contributed by atoms with van der Waals surface area (Å²) in [5, 5.41) is 11.8. The van der Waals surface area contributed by atoms with E-state index in [2.05, 4.69) is 32.1 Å². The van der Waals surface area contributed by atoms with Gasteiger partial charge in [-0.1, -0.05) is 13.3 Å². The third-order valence-corrected chi connectivity index (χ3v) is 6.73. The lowest BCUT2D eigenvalue weighted by atomic mass is 10.0. The minimum atomic E-state index is -0.332. The van der Waals surface area contributed by atoms with Crippen molar-refractivity contribution < 1.29 is 4.39 Å². The van der Waals surface area contributed by atoms with E-state index in [-0.39, 0.29) is 5.82 Å². The predicted octanol–water partition coefficient (Wildman–Crippen LogP) is 5.05. The van der Waals surface area contributed by atoms with Crippen molar-refractivity contribution in [3.63, 3.8) is 0 Å². The Hall–Kier alpha value is -2.80. The average Bonchev–Trinajstić information content (AvgIpc) is 3.18. The number of benzene rings is 1. The lowest BCUT2D eigenvalue weighted by molar-refractivity contribution is 0.137. The molecule has 2 aliphatic rings. The van der Waals surface area contributed by atoms with Gasteiger partial charge in [0.15, 0.2) is 5.65 Å². The van der Waals surface area contributed by atoms with E-state index in [9.17, 15) is 4.39 Å². The zero-order valence-corrected chi connectivity index (χ0v) is 18.5. The maximum atomic E-state index is 14.1. The van der Waals surface area contributed by atoms with Gasteiger partial charge in [-0.2, -0.15) is 10.2 Å². The van der Waals surface area contributed by atoms with Crippen molar-refractivity contribution in [3.05, 3.63) is 47.7 Å². The van der Waals surface area contributed by atoms with Crippen LogP contribution in [-0.4, -0.2) is 48.3 Å². The van der Waals surface area contributed by atoms with Gasteiger partial charge >= 0.3 is 0 Å². The molecule has 4 heterocycles. The van der Waals surface area contributed by atoms with Crippen LogP contribution in [0.3, 0.4) is 0 Å². The Morgan fingerprint density at radius 3 is 2.71 bits per heavy atom. The second-order valence-electron chi connectivity index (χ2n) is 8.92. The molecule has 1 aliphatic carbocycles. The van der Waals surface area contributed by atoms with Crippen LogP contribution in [0.15, 0.2) is 30.6 Å². The van der Waals surface area contributed by atoms with Gasteiger partial charge in [0.05, 0.1) is 23.8 Å². The number of H-pyrrole nitrogens is 1. The highest BCUT2D eigenvalue weighted by Gasteiger charge is 2.47. The van der Waals surface area contributed by atoms with Gasteiger partial charge in [-0.25, -0.2) is 13.9 Å². The van der Waals surface area contributed by atoms with E-state index >= 15 is 0 Å². The van der Waals surface area contributed by atoms with Crippen molar-refractivity contribution in [3.8, 4) is 11.3 Å². The molecule has 0 bridgehead atoms. The highest BCUT2D eigenvalue weighted by molar-refractivity contribution is 5.84. The molecule has 0 atom stereocenters. The Balaban J connectivity index is 0.000000171. The Labute approximate surface area is 181 Å². The molecule has 3 aromatic heterocycles. The first-order chi connectivity index (χ1) is 15.0. The molecule has 1 aromatic carbocycles. The van der Waals surface area contributed by atoms with Crippen LogP contribution in [0.4, 0.5) is 4.39 Å². The molecule has 0 amide bonds. The number of aryl methyl sites for hydroxylation is 2. The predicted molar refractivity (Wildman–Crippen MR) is 121 cm³/mol. The van der Waals surface area contributed by atoms with Gasteiger partial charge in [0, 0.05) is 16.5 Å². The zero-order valence-electron chi connectivity index (χ0n) is 18.5. The molecule has 0 unspecified atom stereocenters.